The summed E-state index contributed by atoms with van der Waals surface area (Å²) >= 11 is 0. The van der Waals surface area contributed by atoms with E-state index in [1.54, 1.807) is 0 Å². The fourth-order valence-corrected chi connectivity index (χ4v) is 4.66. The van der Waals surface area contributed by atoms with Gasteiger partial charge in [-0.3, -0.25) is 0 Å². The van der Waals surface area contributed by atoms with E-state index in [9.17, 15) is 9.90 Å². The van der Waals surface area contributed by atoms with Crippen molar-refractivity contribution >= 4 is 5.97 Å². The van der Waals surface area contributed by atoms with E-state index in [1.165, 1.54) is 5.56 Å². The number of carbonyl (C=O) groups is 1. The summed E-state index contributed by atoms with van der Waals surface area (Å²) in [5.41, 5.74) is 5.51. The minimum Gasteiger partial charge on any atom is -0.507 e. The van der Waals surface area contributed by atoms with Gasteiger partial charge in [0, 0.05) is 5.56 Å². The van der Waals surface area contributed by atoms with Crippen molar-refractivity contribution in [1.82, 2.24) is 0 Å². The van der Waals surface area contributed by atoms with Gasteiger partial charge in [0.2, 0.25) is 0 Å². The largest absolute Gasteiger partial charge is 0.507 e. The lowest BCUT2D eigenvalue weighted by Gasteiger charge is -2.27. The standard InChI is InChI=1S/C33H50O3/c1-10-13-16-23-21-27(25(17-14-11-2)26(30(23)34)18-15-12-3)31(35)36-29-20-19-24(32(4,5)6)22-28(29)33(7,8)9/h19-22,34H,10-18H2,1-9H3. The molecule has 0 atom stereocenters. The molecule has 0 aromatic heterocycles. The number of hydrogen-bond donors (Lipinski definition) is 1. The van der Waals surface area contributed by atoms with Crippen LogP contribution in [0.1, 0.15) is 139 Å². The SMILES string of the molecule is CCCCc1cc(C(=O)Oc2ccc(C(C)(C)C)cc2C(C)(C)C)c(CCCC)c(CCCC)c1O. The predicted molar refractivity (Wildman–Crippen MR) is 153 cm³/mol. The topological polar surface area (TPSA) is 46.5 Å². The third-order valence-corrected chi connectivity index (χ3v) is 7.03. The minimum atomic E-state index is -0.314. The van der Waals surface area contributed by atoms with Crippen LogP contribution in [-0.2, 0) is 30.1 Å². The van der Waals surface area contributed by atoms with Gasteiger partial charge in [-0.05, 0) is 83.7 Å². The lowest BCUT2D eigenvalue weighted by molar-refractivity contribution is 0.0730. The van der Waals surface area contributed by atoms with E-state index in [4.69, 9.17) is 4.74 Å². The monoisotopic (exact) mass is 494 g/mol. The molecule has 200 valence electrons. The average Bonchev–Trinajstić information content (AvgIpc) is 2.80. The van der Waals surface area contributed by atoms with E-state index in [2.05, 4.69) is 74.4 Å². The number of ether oxygens (including phenoxy) is 1. The number of esters is 1. The summed E-state index contributed by atoms with van der Waals surface area (Å²) in [5, 5.41) is 11.2. The molecule has 0 aliphatic carbocycles. The second-order valence-corrected chi connectivity index (χ2v) is 12.3. The van der Waals surface area contributed by atoms with Gasteiger partial charge in [0.15, 0.2) is 0 Å². The number of benzene rings is 2. The highest BCUT2D eigenvalue weighted by Gasteiger charge is 2.27. The number of unbranched alkanes of at least 4 members (excludes halogenated alkanes) is 3. The van der Waals surface area contributed by atoms with Crippen LogP contribution >= 0.6 is 0 Å². The molecular formula is C33H50O3. The molecule has 2 aromatic carbocycles. The molecule has 0 unspecified atom stereocenters. The van der Waals surface area contributed by atoms with Crippen LogP contribution in [-0.4, -0.2) is 11.1 Å². The van der Waals surface area contributed by atoms with Crippen molar-refractivity contribution in [1.29, 1.82) is 0 Å². The van der Waals surface area contributed by atoms with E-state index >= 15 is 0 Å². The number of hydrogen-bond acceptors (Lipinski definition) is 3. The number of aromatic hydroxyl groups is 1. The Labute approximate surface area is 220 Å². The lowest BCUT2D eigenvalue weighted by atomic mass is 9.80. The molecule has 0 saturated heterocycles. The highest BCUT2D eigenvalue weighted by atomic mass is 16.5. The molecule has 2 aromatic rings. The summed E-state index contributed by atoms with van der Waals surface area (Å²) in [6.45, 7) is 19.5. The maximum absolute atomic E-state index is 13.8. The van der Waals surface area contributed by atoms with Gasteiger partial charge < -0.3 is 9.84 Å². The number of phenols is 1. The van der Waals surface area contributed by atoms with Crippen LogP contribution in [0.5, 0.6) is 11.5 Å². The van der Waals surface area contributed by atoms with E-state index in [1.807, 2.05) is 12.1 Å². The van der Waals surface area contributed by atoms with Gasteiger partial charge in [-0.15, -0.1) is 0 Å². The average molecular weight is 495 g/mol. The Balaban J connectivity index is 2.63. The molecule has 3 nitrogen and oxygen atoms in total. The minimum absolute atomic E-state index is 0.00910. The maximum Gasteiger partial charge on any atom is 0.343 e. The molecule has 2 rings (SSSR count). The second-order valence-electron chi connectivity index (χ2n) is 12.3. The Morgan fingerprint density at radius 3 is 1.86 bits per heavy atom. The number of carbonyl (C=O) groups excluding carboxylic acids is 1. The summed E-state index contributed by atoms with van der Waals surface area (Å²) in [4.78, 5) is 13.8. The fraction of sp³-hybridized carbons (Fsp3) is 0.606. The molecule has 3 heteroatoms. The first-order valence-corrected chi connectivity index (χ1v) is 14.1. The Bertz CT molecular complexity index is 1020. The van der Waals surface area contributed by atoms with Gasteiger partial charge in [0.05, 0.1) is 5.56 Å². The normalized spacial score (nSPS) is 12.1. The molecular weight excluding hydrogens is 444 g/mol. The zero-order valence-corrected chi connectivity index (χ0v) is 24.4. The second kappa shape index (κ2) is 12.8. The first-order chi connectivity index (χ1) is 16.8. The Morgan fingerprint density at radius 2 is 1.33 bits per heavy atom. The molecule has 0 heterocycles. The molecule has 0 amide bonds. The molecule has 1 N–H and O–H groups in total. The van der Waals surface area contributed by atoms with Crippen LogP contribution in [0.4, 0.5) is 0 Å². The van der Waals surface area contributed by atoms with Gasteiger partial charge >= 0.3 is 5.97 Å². The van der Waals surface area contributed by atoms with Crippen molar-refractivity contribution in [2.45, 2.75) is 131 Å². The molecule has 0 radical (unpaired) electrons. The van der Waals surface area contributed by atoms with Crippen molar-refractivity contribution in [3.8, 4) is 11.5 Å². The van der Waals surface area contributed by atoms with Crippen molar-refractivity contribution in [3.05, 3.63) is 57.6 Å². The molecule has 36 heavy (non-hydrogen) atoms. The Morgan fingerprint density at radius 1 is 0.778 bits per heavy atom. The summed E-state index contributed by atoms with van der Waals surface area (Å²) in [7, 11) is 0. The molecule has 0 spiro atoms. The zero-order chi connectivity index (χ0) is 27.1. The van der Waals surface area contributed by atoms with E-state index in [0.29, 0.717) is 17.1 Å². The summed E-state index contributed by atoms with van der Waals surface area (Å²) < 4.78 is 6.18. The number of phenolic OH excluding ortho intramolecular Hbond substituents is 1. The van der Waals surface area contributed by atoms with Crippen LogP contribution in [0, 0.1) is 0 Å². The number of aryl methyl sites for hydroxylation is 1. The van der Waals surface area contributed by atoms with Crippen molar-refractivity contribution < 1.29 is 14.6 Å². The van der Waals surface area contributed by atoms with E-state index in [0.717, 1.165) is 80.0 Å². The first kappa shape index (κ1) is 29.9. The summed E-state index contributed by atoms with van der Waals surface area (Å²) in [5.74, 6) is 0.704. The Kier molecular flexibility index (Phi) is 10.6. The molecule has 0 aliphatic rings. The summed E-state index contributed by atoms with van der Waals surface area (Å²) in [6.07, 6.45) is 8.38. The predicted octanol–water partition coefficient (Wildman–Crippen LogP) is 9.23. The zero-order valence-electron chi connectivity index (χ0n) is 24.4. The van der Waals surface area contributed by atoms with Crippen LogP contribution in [0.2, 0.25) is 0 Å². The van der Waals surface area contributed by atoms with E-state index < -0.39 is 0 Å². The lowest BCUT2D eigenvalue weighted by Crippen LogP contribution is -2.20. The fourth-order valence-electron chi connectivity index (χ4n) is 4.66. The van der Waals surface area contributed by atoms with Gasteiger partial charge in [-0.2, -0.15) is 0 Å². The third kappa shape index (κ3) is 7.60. The van der Waals surface area contributed by atoms with Crippen molar-refractivity contribution in [3.63, 3.8) is 0 Å². The molecule has 0 bridgehead atoms. The van der Waals surface area contributed by atoms with Gasteiger partial charge in [-0.1, -0.05) is 93.7 Å². The van der Waals surface area contributed by atoms with Gasteiger partial charge in [0.1, 0.15) is 11.5 Å². The van der Waals surface area contributed by atoms with Crippen LogP contribution < -0.4 is 4.74 Å². The van der Waals surface area contributed by atoms with Crippen LogP contribution in [0.15, 0.2) is 24.3 Å². The molecule has 0 fully saturated rings. The number of rotatable bonds is 11. The van der Waals surface area contributed by atoms with E-state index in [-0.39, 0.29) is 16.8 Å². The molecule has 0 aliphatic heterocycles. The highest BCUT2D eigenvalue weighted by molar-refractivity contribution is 5.94. The smallest absolute Gasteiger partial charge is 0.343 e. The Hall–Kier alpha value is -2.29. The first-order valence-electron chi connectivity index (χ1n) is 14.1. The quantitative estimate of drug-likeness (QED) is 0.250. The van der Waals surface area contributed by atoms with Crippen LogP contribution in [0.25, 0.3) is 0 Å². The maximum atomic E-state index is 13.8. The highest BCUT2D eigenvalue weighted by Crippen LogP contribution is 2.37. The van der Waals surface area contributed by atoms with Crippen molar-refractivity contribution in [2.24, 2.45) is 0 Å². The van der Waals surface area contributed by atoms with Gasteiger partial charge in [0.25, 0.3) is 0 Å². The summed E-state index contributed by atoms with van der Waals surface area (Å²) in [6, 6.07) is 8.14. The van der Waals surface area contributed by atoms with Crippen LogP contribution in [0.3, 0.4) is 0 Å². The molecule has 0 saturated carbocycles. The van der Waals surface area contributed by atoms with Crippen molar-refractivity contribution in [2.75, 3.05) is 0 Å². The third-order valence-electron chi connectivity index (χ3n) is 7.03. The van der Waals surface area contributed by atoms with Gasteiger partial charge in [-0.25, -0.2) is 4.79 Å².